The number of H-pyrrole nitrogens is 1. The lowest BCUT2D eigenvalue weighted by atomic mass is 10.1. The molecule has 0 bridgehead atoms. The number of imidazole rings is 1. The average Bonchev–Trinajstić information content (AvgIpc) is 3.21. The number of methoxy groups -OCH3 is 1. The average molecular weight is 434 g/mol. The summed E-state index contributed by atoms with van der Waals surface area (Å²) in [6, 6.07) is 19.4. The van der Waals surface area contributed by atoms with E-state index in [0.717, 1.165) is 11.0 Å². The number of hydrogen-bond donors (Lipinski definition) is 1. The van der Waals surface area contributed by atoms with Crippen LogP contribution in [0.5, 0.6) is 11.5 Å². The van der Waals surface area contributed by atoms with Crippen molar-refractivity contribution < 1.29 is 13.9 Å². The number of aromatic nitrogens is 2. The van der Waals surface area contributed by atoms with E-state index in [2.05, 4.69) is 16.0 Å². The van der Waals surface area contributed by atoms with Gasteiger partial charge < -0.3 is 14.5 Å². The second-order valence-electron chi connectivity index (χ2n) is 6.64. The van der Waals surface area contributed by atoms with Crippen molar-refractivity contribution in [2.45, 2.75) is 6.61 Å². The zero-order valence-corrected chi connectivity index (χ0v) is 17.3. The molecule has 0 saturated heterocycles. The predicted molar refractivity (Wildman–Crippen MR) is 118 cm³/mol. The molecule has 3 aromatic carbocycles. The van der Waals surface area contributed by atoms with Gasteiger partial charge in [0.05, 0.1) is 28.7 Å². The van der Waals surface area contributed by atoms with E-state index in [1.165, 1.54) is 19.2 Å². The van der Waals surface area contributed by atoms with Crippen LogP contribution in [0.25, 0.3) is 22.7 Å². The molecule has 0 saturated carbocycles. The van der Waals surface area contributed by atoms with Gasteiger partial charge in [-0.05, 0) is 36.4 Å². The van der Waals surface area contributed by atoms with Gasteiger partial charge in [0, 0.05) is 11.1 Å². The Morgan fingerprint density at radius 2 is 1.97 bits per heavy atom. The second-order valence-corrected chi connectivity index (χ2v) is 7.05. The fraction of sp³-hybridized carbons (Fsp3) is 0.0833. The number of aromatic amines is 1. The molecule has 154 valence electrons. The number of nitriles is 1. The number of benzene rings is 3. The van der Waals surface area contributed by atoms with E-state index in [-0.39, 0.29) is 17.2 Å². The molecule has 0 aliphatic heterocycles. The quantitative estimate of drug-likeness (QED) is 0.378. The SMILES string of the molecule is COc1cccc(/C=C(/C#N)c2nc3ccccc3[nH]2)c1OCc1c(F)cccc1Cl. The third kappa shape index (κ3) is 4.23. The van der Waals surface area contributed by atoms with Gasteiger partial charge in [-0.3, -0.25) is 0 Å². The van der Waals surface area contributed by atoms with Crippen molar-refractivity contribution in [3.8, 4) is 17.6 Å². The van der Waals surface area contributed by atoms with Crippen LogP contribution in [0.1, 0.15) is 17.0 Å². The summed E-state index contributed by atoms with van der Waals surface area (Å²) >= 11 is 6.12. The number of hydrogen-bond acceptors (Lipinski definition) is 4. The first-order chi connectivity index (χ1) is 15.1. The number of ether oxygens (including phenoxy) is 2. The lowest BCUT2D eigenvalue weighted by Gasteiger charge is -2.14. The highest BCUT2D eigenvalue weighted by Gasteiger charge is 2.15. The number of nitrogens with zero attached hydrogens (tertiary/aromatic N) is 2. The predicted octanol–water partition coefficient (Wildman–Crippen LogP) is 6.01. The molecule has 0 radical (unpaired) electrons. The molecule has 0 atom stereocenters. The van der Waals surface area contributed by atoms with Crippen molar-refractivity contribution in [3.63, 3.8) is 0 Å². The number of fused-ring (bicyclic) bond motifs is 1. The van der Waals surface area contributed by atoms with Crippen LogP contribution < -0.4 is 9.47 Å². The van der Waals surface area contributed by atoms with Gasteiger partial charge >= 0.3 is 0 Å². The Bertz CT molecular complexity index is 1270. The standard InChI is InChI=1S/C24H17ClFN3O2/c1-30-22-11-4-6-15(23(22)31-14-17-18(25)7-5-8-19(17)26)12-16(13-27)24-28-20-9-2-3-10-21(20)29-24/h2-12H,14H2,1H3,(H,28,29)/b16-12-. The monoisotopic (exact) mass is 433 g/mol. The van der Waals surface area contributed by atoms with Crippen LogP contribution in [0.15, 0.2) is 60.7 Å². The van der Waals surface area contributed by atoms with Crippen molar-refractivity contribution in [2.75, 3.05) is 7.11 Å². The van der Waals surface area contributed by atoms with Crippen LogP contribution in [0.3, 0.4) is 0 Å². The van der Waals surface area contributed by atoms with Crippen LogP contribution >= 0.6 is 11.6 Å². The minimum Gasteiger partial charge on any atom is -0.493 e. The van der Waals surface area contributed by atoms with E-state index in [9.17, 15) is 9.65 Å². The Morgan fingerprint density at radius 1 is 1.16 bits per heavy atom. The van der Waals surface area contributed by atoms with Crippen molar-refractivity contribution in [1.29, 1.82) is 5.26 Å². The molecule has 1 aromatic heterocycles. The maximum Gasteiger partial charge on any atom is 0.168 e. The molecule has 5 nitrogen and oxygen atoms in total. The second kappa shape index (κ2) is 8.90. The molecule has 4 rings (SSSR count). The summed E-state index contributed by atoms with van der Waals surface area (Å²) in [4.78, 5) is 7.63. The highest BCUT2D eigenvalue weighted by atomic mass is 35.5. The fourth-order valence-electron chi connectivity index (χ4n) is 3.17. The molecule has 1 heterocycles. The van der Waals surface area contributed by atoms with Crippen LogP contribution in [-0.4, -0.2) is 17.1 Å². The number of halogens is 2. The lowest BCUT2D eigenvalue weighted by molar-refractivity contribution is 0.279. The fourth-order valence-corrected chi connectivity index (χ4v) is 3.38. The van der Waals surface area contributed by atoms with Gasteiger partial charge in [0.2, 0.25) is 0 Å². The summed E-state index contributed by atoms with van der Waals surface area (Å²) in [5.41, 5.74) is 2.73. The molecular weight excluding hydrogens is 417 g/mol. The topological polar surface area (TPSA) is 70.9 Å². The zero-order valence-electron chi connectivity index (χ0n) is 16.5. The lowest BCUT2D eigenvalue weighted by Crippen LogP contribution is -2.02. The van der Waals surface area contributed by atoms with Crippen molar-refractivity contribution in [3.05, 3.63) is 88.5 Å². The van der Waals surface area contributed by atoms with Gasteiger partial charge in [-0.2, -0.15) is 5.26 Å². The first-order valence-electron chi connectivity index (χ1n) is 9.40. The molecular formula is C24H17ClFN3O2. The van der Waals surface area contributed by atoms with Gasteiger partial charge in [-0.1, -0.05) is 41.9 Å². The molecule has 4 aromatic rings. The van der Waals surface area contributed by atoms with Gasteiger partial charge in [-0.25, -0.2) is 9.37 Å². The minimum absolute atomic E-state index is 0.0980. The third-order valence-corrected chi connectivity index (χ3v) is 5.07. The molecule has 0 aliphatic rings. The summed E-state index contributed by atoms with van der Waals surface area (Å²) in [6.07, 6.45) is 1.65. The third-order valence-electron chi connectivity index (χ3n) is 4.72. The Balaban J connectivity index is 1.73. The minimum atomic E-state index is -0.459. The van der Waals surface area contributed by atoms with Gasteiger partial charge in [-0.15, -0.1) is 0 Å². The Morgan fingerprint density at radius 3 is 2.71 bits per heavy atom. The number of rotatable bonds is 6. The summed E-state index contributed by atoms with van der Waals surface area (Å²) in [5.74, 6) is 0.797. The Kier molecular flexibility index (Phi) is 5.87. The van der Waals surface area contributed by atoms with Gasteiger partial charge in [0.25, 0.3) is 0 Å². The number of nitrogens with one attached hydrogen (secondary N) is 1. The first kappa shape index (κ1) is 20.5. The van der Waals surface area contributed by atoms with E-state index >= 15 is 0 Å². The highest BCUT2D eigenvalue weighted by Crippen LogP contribution is 2.35. The summed E-state index contributed by atoms with van der Waals surface area (Å²) in [7, 11) is 1.51. The molecule has 0 spiro atoms. The van der Waals surface area contributed by atoms with Crippen LogP contribution in [0, 0.1) is 17.1 Å². The molecule has 7 heteroatoms. The van der Waals surface area contributed by atoms with Gasteiger partial charge in [0.1, 0.15) is 24.3 Å². The summed E-state index contributed by atoms with van der Waals surface area (Å²) < 4.78 is 25.5. The maximum atomic E-state index is 14.2. The Hall–Kier alpha value is -3.82. The van der Waals surface area contributed by atoms with E-state index in [1.807, 2.05) is 24.3 Å². The zero-order chi connectivity index (χ0) is 21.8. The molecule has 31 heavy (non-hydrogen) atoms. The van der Waals surface area contributed by atoms with E-state index < -0.39 is 5.82 Å². The number of allylic oxidation sites excluding steroid dienone is 1. The van der Waals surface area contributed by atoms with Crippen LogP contribution in [-0.2, 0) is 6.61 Å². The van der Waals surface area contributed by atoms with Crippen molar-refractivity contribution >= 4 is 34.3 Å². The largest absolute Gasteiger partial charge is 0.493 e. The van der Waals surface area contributed by atoms with Crippen LogP contribution in [0.2, 0.25) is 5.02 Å². The van der Waals surface area contributed by atoms with Crippen LogP contribution in [0.4, 0.5) is 4.39 Å². The van der Waals surface area contributed by atoms with Gasteiger partial charge in [0.15, 0.2) is 11.5 Å². The smallest absolute Gasteiger partial charge is 0.168 e. The molecule has 0 fully saturated rings. The maximum absolute atomic E-state index is 14.2. The van der Waals surface area contributed by atoms with Crippen molar-refractivity contribution in [1.82, 2.24) is 9.97 Å². The van der Waals surface area contributed by atoms with Crippen molar-refractivity contribution in [2.24, 2.45) is 0 Å². The van der Waals surface area contributed by atoms with E-state index in [0.29, 0.717) is 28.5 Å². The first-order valence-corrected chi connectivity index (χ1v) is 9.78. The Labute approximate surface area is 183 Å². The normalized spacial score (nSPS) is 11.4. The summed E-state index contributed by atoms with van der Waals surface area (Å²) in [6.45, 7) is -0.0980. The number of para-hydroxylation sites is 3. The molecule has 1 N–H and O–H groups in total. The molecule has 0 unspecified atom stereocenters. The molecule has 0 amide bonds. The molecule has 0 aliphatic carbocycles. The van der Waals surface area contributed by atoms with E-state index in [1.54, 1.807) is 30.3 Å². The summed E-state index contributed by atoms with van der Waals surface area (Å²) in [5, 5.41) is 10.0. The van der Waals surface area contributed by atoms with E-state index in [4.69, 9.17) is 21.1 Å². The highest BCUT2D eigenvalue weighted by molar-refractivity contribution is 6.31.